The molecule has 1 N–H and O–H groups in total. The van der Waals surface area contributed by atoms with Crippen LogP contribution in [-0.2, 0) is 4.79 Å². The van der Waals surface area contributed by atoms with Crippen molar-refractivity contribution in [1.82, 2.24) is 0 Å². The van der Waals surface area contributed by atoms with E-state index in [9.17, 15) is 19.3 Å². The van der Waals surface area contributed by atoms with Crippen molar-refractivity contribution in [3.05, 3.63) is 33.1 Å². The standard InChI is InChI=1S/C12H12ClFN2O4/c13-8-5-10(11(16(19)20)6-9(8)14)15-3-1-7(2-4-15)12(17)18/h5-7H,1-4H2,(H,17,18). The predicted molar refractivity (Wildman–Crippen MR) is 70.6 cm³/mol. The van der Waals surface area contributed by atoms with E-state index in [4.69, 9.17) is 16.7 Å². The molecule has 8 heteroatoms. The monoisotopic (exact) mass is 302 g/mol. The van der Waals surface area contributed by atoms with Crippen molar-refractivity contribution in [3.63, 3.8) is 0 Å². The summed E-state index contributed by atoms with van der Waals surface area (Å²) < 4.78 is 13.3. The van der Waals surface area contributed by atoms with Crippen LogP contribution in [-0.4, -0.2) is 29.1 Å². The van der Waals surface area contributed by atoms with E-state index in [0.29, 0.717) is 25.9 Å². The zero-order valence-electron chi connectivity index (χ0n) is 10.4. The van der Waals surface area contributed by atoms with E-state index in [0.717, 1.165) is 6.07 Å². The van der Waals surface area contributed by atoms with E-state index in [-0.39, 0.29) is 16.4 Å². The number of rotatable bonds is 3. The van der Waals surface area contributed by atoms with Gasteiger partial charge in [-0.05, 0) is 18.9 Å². The number of nitro groups is 1. The van der Waals surface area contributed by atoms with Gasteiger partial charge < -0.3 is 10.0 Å². The molecule has 0 aliphatic carbocycles. The van der Waals surface area contributed by atoms with E-state index in [2.05, 4.69) is 0 Å². The number of halogens is 2. The molecular weight excluding hydrogens is 291 g/mol. The van der Waals surface area contributed by atoms with Gasteiger partial charge in [-0.2, -0.15) is 0 Å². The molecule has 1 aromatic rings. The summed E-state index contributed by atoms with van der Waals surface area (Å²) in [5.74, 6) is -2.15. The molecule has 1 heterocycles. The van der Waals surface area contributed by atoms with Crippen LogP contribution in [0.1, 0.15) is 12.8 Å². The number of hydrogen-bond acceptors (Lipinski definition) is 4. The van der Waals surface area contributed by atoms with Crippen molar-refractivity contribution < 1.29 is 19.2 Å². The van der Waals surface area contributed by atoms with Gasteiger partial charge in [0.1, 0.15) is 11.5 Å². The van der Waals surface area contributed by atoms with Crippen LogP contribution in [0.5, 0.6) is 0 Å². The number of hydrogen-bond donors (Lipinski definition) is 1. The summed E-state index contributed by atoms with van der Waals surface area (Å²) in [5.41, 5.74) is -0.133. The molecule has 20 heavy (non-hydrogen) atoms. The van der Waals surface area contributed by atoms with Crippen LogP contribution >= 0.6 is 11.6 Å². The maximum absolute atomic E-state index is 13.3. The number of anilines is 1. The molecule has 1 saturated heterocycles. The molecule has 0 radical (unpaired) electrons. The van der Waals surface area contributed by atoms with Gasteiger partial charge in [-0.25, -0.2) is 4.39 Å². The molecule has 1 fully saturated rings. The molecule has 0 atom stereocenters. The fraction of sp³-hybridized carbons (Fsp3) is 0.417. The van der Waals surface area contributed by atoms with Gasteiger partial charge in [0.2, 0.25) is 0 Å². The summed E-state index contributed by atoms with van der Waals surface area (Å²) in [4.78, 5) is 22.9. The van der Waals surface area contributed by atoms with Crippen molar-refractivity contribution in [2.24, 2.45) is 5.92 Å². The van der Waals surface area contributed by atoms with Crippen molar-refractivity contribution in [2.45, 2.75) is 12.8 Å². The van der Waals surface area contributed by atoms with Gasteiger partial charge in [0, 0.05) is 13.1 Å². The van der Waals surface area contributed by atoms with Gasteiger partial charge in [-0.3, -0.25) is 14.9 Å². The Morgan fingerprint density at radius 1 is 1.45 bits per heavy atom. The van der Waals surface area contributed by atoms with Crippen molar-refractivity contribution in [2.75, 3.05) is 18.0 Å². The summed E-state index contributed by atoms with van der Waals surface area (Å²) in [6, 6.07) is 2.01. The molecule has 108 valence electrons. The third-order valence-electron chi connectivity index (χ3n) is 3.40. The molecule has 2 rings (SSSR count). The molecule has 0 spiro atoms. The number of carboxylic acid groups (broad SMARTS) is 1. The maximum atomic E-state index is 13.3. The first-order valence-electron chi connectivity index (χ1n) is 6.01. The Morgan fingerprint density at radius 3 is 2.55 bits per heavy atom. The van der Waals surface area contributed by atoms with Gasteiger partial charge in [-0.15, -0.1) is 0 Å². The predicted octanol–water partition coefficient (Wildman–Crippen LogP) is 2.69. The lowest BCUT2D eigenvalue weighted by molar-refractivity contribution is -0.384. The summed E-state index contributed by atoms with van der Waals surface area (Å²) in [7, 11) is 0. The minimum atomic E-state index is -0.865. The van der Waals surface area contributed by atoms with Crippen molar-refractivity contribution in [1.29, 1.82) is 0 Å². The lowest BCUT2D eigenvalue weighted by atomic mass is 9.96. The SMILES string of the molecule is O=C(O)C1CCN(c2cc(Cl)c(F)cc2[N+](=O)[O-])CC1. The Balaban J connectivity index is 2.27. The third kappa shape index (κ3) is 2.82. The molecule has 0 unspecified atom stereocenters. The molecule has 1 aromatic carbocycles. The summed E-state index contributed by atoms with van der Waals surface area (Å²) in [5, 5.41) is 19.7. The average Bonchev–Trinajstić information content (AvgIpc) is 2.41. The van der Waals surface area contributed by atoms with Gasteiger partial charge in [-0.1, -0.05) is 11.6 Å². The fourth-order valence-corrected chi connectivity index (χ4v) is 2.45. The summed E-state index contributed by atoms with van der Waals surface area (Å²) in [6.45, 7) is 0.722. The number of nitrogens with zero attached hydrogens (tertiary/aromatic N) is 2. The third-order valence-corrected chi connectivity index (χ3v) is 3.69. The number of piperidine rings is 1. The van der Waals surface area contributed by atoms with Gasteiger partial charge >= 0.3 is 5.97 Å². The Labute approximate surface area is 118 Å². The second kappa shape index (κ2) is 5.62. The van der Waals surface area contributed by atoms with Crippen LogP contribution in [0.4, 0.5) is 15.8 Å². The number of carboxylic acids is 1. The van der Waals surface area contributed by atoms with Crippen LogP contribution < -0.4 is 4.90 Å². The van der Waals surface area contributed by atoms with Crippen LogP contribution in [0.2, 0.25) is 5.02 Å². The Kier molecular flexibility index (Phi) is 4.08. The normalized spacial score (nSPS) is 16.2. The van der Waals surface area contributed by atoms with E-state index in [1.165, 1.54) is 6.07 Å². The van der Waals surface area contributed by atoms with Crippen molar-refractivity contribution >= 4 is 28.9 Å². The lowest BCUT2D eigenvalue weighted by Gasteiger charge is -2.31. The van der Waals surface area contributed by atoms with E-state index < -0.39 is 22.6 Å². The zero-order valence-corrected chi connectivity index (χ0v) is 11.1. The highest BCUT2D eigenvalue weighted by Crippen LogP contribution is 2.35. The lowest BCUT2D eigenvalue weighted by Crippen LogP contribution is -2.36. The van der Waals surface area contributed by atoms with E-state index in [1.54, 1.807) is 4.90 Å². The molecule has 6 nitrogen and oxygen atoms in total. The fourth-order valence-electron chi connectivity index (χ4n) is 2.29. The number of aliphatic carboxylic acids is 1. The van der Waals surface area contributed by atoms with Crippen LogP contribution in [0.25, 0.3) is 0 Å². The maximum Gasteiger partial charge on any atom is 0.306 e. The second-order valence-corrected chi connectivity index (χ2v) is 5.02. The highest BCUT2D eigenvalue weighted by molar-refractivity contribution is 6.31. The van der Waals surface area contributed by atoms with Crippen LogP contribution in [0.15, 0.2) is 12.1 Å². The molecule has 0 bridgehead atoms. The number of benzene rings is 1. The molecule has 1 aliphatic heterocycles. The Bertz CT molecular complexity index is 559. The summed E-state index contributed by atoms with van der Waals surface area (Å²) >= 11 is 5.67. The second-order valence-electron chi connectivity index (χ2n) is 4.61. The molecule has 0 aromatic heterocycles. The number of carbonyl (C=O) groups is 1. The van der Waals surface area contributed by atoms with E-state index in [1.807, 2.05) is 0 Å². The Morgan fingerprint density at radius 2 is 2.05 bits per heavy atom. The summed E-state index contributed by atoms with van der Waals surface area (Å²) in [6.07, 6.45) is 0.781. The zero-order chi connectivity index (χ0) is 14.9. The first-order valence-corrected chi connectivity index (χ1v) is 6.39. The van der Waals surface area contributed by atoms with Crippen molar-refractivity contribution in [3.8, 4) is 0 Å². The quantitative estimate of drug-likeness (QED) is 0.685. The van der Waals surface area contributed by atoms with Crippen LogP contribution in [0.3, 0.4) is 0 Å². The van der Waals surface area contributed by atoms with Gasteiger partial charge in [0.15, 0.2) is 0 Å². The smallest absolute Gasteiger partial charge is 0.306 e. The van der Waals surface area contributed by atoms with Crippen LogP contribution in [0, 0.1) is 21.8 Å². The number of nitro benzene ring substituents is 1. The largest absolute Gasteiger partial charge is 0.481 e. The molecule has 0 amide bonds. The first-order chi connectivity index (χ1) is 9.40. The minimum Gasteiger partial charge on any atom is -0.481 e. The van der Waals surface area contributed by atoms with E-state index >= 15 is 0 Å². The highest BCUT2D eigenvalue weighted by atomic mass is 35.5. The topological polar surface area (TPSA) is 83.7 Å². The average molecular weight is 303 g/mol. The molecule has 0 saturated carbocycles. The minimum absolute atomic E-state index is 0.189. The molecule has 1 aliphatic rings. The molecular formula is C12H12ClFN2O4. The van der Waals surface area contributed by atoms with Gasteiger partial charge in [0.05, 0.1) is 21.9 Å². The first kappa shape index (κ1) is 14.5. The highest BCUT2D eigenvalue weighted by Gasteiger charge is 2.29. The Hall–Kier alpha value is -1.89. The van der Waals surface area contributed by atoms with Gasteiger partial charge in [0.25, 0.3) is 5.69 Å².